The molecule has 1 heterocycles. The molecule has 1 atom stereocenters. The normalized spacial score (nSPS) is 17.4. The smallest absolute Gasteiger partial charge is 0.342 e. The Balaban J connectivity index is 1.85. The molecule has 2 aromatic rings. The van der Waals surface area contributed by atoms with Gasteiger partial charge in [0.15, 0.2) is 5.75 Å². The number of fused-ring (bicyclic) bond motifs is 1. The van der Waals surface area contributed by atoms with Gasteiger partial charge in [0.1, 0.15) is 17.1 Å². The lowest BCUT2D eigenvalue weighted by Crippen LogP contribution is -2.16. The number of rotatable bonds is 7. The number of benzene rings is 2. The largest absolute Gasteiger partial charge is 0.469 e. The van der Waals surface area contributed by atoms with Crippen molar-refractivity contribution in [3.05, 3.63) is 68.8 Å². The number of ether oxygens (including phenoxy) is 2. The van der Waals surface area contributed by atoms with E-state index in [4.69, 9.17) is 13.7 Å². The SMILES string of the molecule is CCc1c(C)c2c(c(OS(=O)(=O)c3ccc(C)cc3)c1CC1=C(C)CC(C(=O)OC)C1)C(=O)OC2. The van der Waals surface area contributed by atoms with Gasteiger partial charge in [0.2, 0.25) is 0 Å². The third-order valence-electron chi connectivity index (χ3n) is 7.05. The molecule has 1 unspecified atom stereocenters. The third-order valence-corrected chi connectivity index (χ3v) is 8.29. The Kier molecular flexibility index (Phi) is 6.77. The molecule has 0 saturated carbocycles. The van der Waals surface area contributed by atoms with Gasteiger partial charge in [0, 0.05) is 11.1 Å². The first-order chi connectivity index (χ1) is 16.6. The second-order valence-electron chi connectivity index (χ2n) is 9.23. The average Bonchev–Trinajstić information content (AvgIpc) is 3.39. The molecular weight excluding hydrogens is 468 g/mol. The summed E-state index contributed by atoms with van der Waals surface area (Å²) >= 11 is 0. The van der Waals surface area contributed by atoms with Crippen molar-refractivity contribution in [1.29, 1.82) is 0 Å². The Morgan fingerprint density at radius 3 is 2.40 bits per heavy atom. The van der Waals surface area contributed by atoms with E-state index in [0.717, 1.165) is 27.8 Å². The summed E-state index contributed by atoms with van der Waals surface area (Å²) in [4.78, 5) is 24.9. The van der Waals surface area contributed by atoms with Crippen LogP contribution in [-0.2, 0) is 43.8 Å². The van der Waals surface area contributed by atoms with Gasteiger partial charge in [0.25, 0.3) is 0 Å². The Morgan fingerprint density at radius 2 is 1.77 bits per heavy atom. The first-order valence-corrected chi connectivity index (χ1v) is 13.1. The lowest BCUT2D eigenvalue weighted by atomic mass is 9.87. The lowest BCUT2D eigenvalue weighted by molar-refractivity contribution is -0.145. The molecule has 1 aliphatic heterocycles. The summed E-state index contributed by atoms with van der Waals surface area (Å²) in [7, 11) is -2.83. The molecule has 2 aromatic carbocycles. The molecule has 0 N–H and O–H groups in total. The van der Waals surface area contributed by atoms with Crippen LogP contribution in [-0.4, -0.2) is 27.5 Å². The molecule has 2 aliphatic rings. The summed E-state index contributed by atoms with van der Waals surface area (Å²) in [5, 5.41) is 0. The highest BCUT2D eigenvalue weighted by Gasteiger charge is 2.36. The number of hydrogen-bond acceptors (Lipinski definition) is 7. The summed E-state index contributed by atoms with van der Waals surface area (Å²) < 4.78 is 42.6. The minimum Gasteiger partial charge on any atom is -0.469 e. The lowest BCUT2D eigenvalue weighted by Gasteiger charge is -2.21. The highest BCUT2D eigenvalue weighted by molar-refractivity contribution is 7.87. The number of aryl methyl sites for hydroxylation is 1. The Labute approximate surface area is 206 Å². The predicted molar refractivity (Wildman–Crippen MR) is 130 cm³/mol. The highest BCUT2D eigenvalue weighted by Crippen LogP contribution is 2.43. The van der Waals surface area contributed by atoms with Crippen LogP contribution in [0.4, 0.5) is 0 Å². The zero-order valence-corrected chi connectivity index (χ0v) is 21.5. The standard InChI is InChI=1S/C27H30O7S/c1-6-21-17(4)23-14-33-27(29)24(23)25(34-35(30,31)20-9-7-15(2)8-10-20)22(21)13-18-12-19(11-16(18)3)26(28)32-5/h7-10,19H,6,11-14H2,1-5H3. The molecule has 0 spiro atoms. The minimum atomic E-state index is -4.21. The van der Waals surface area contributed by atoms with E-state index in [0.29, 0.717) is 36.8 Å². The van der Waals surface area contributed by atoms with Gasteiger partial charge in [-0.05, 0) is 69.7 Å². The van der Waals surface area contributed by atoms with Crippen LogP contribution in [0, 0.1) is 19.8 Å². The maximum Gasteiger partial charge on any atom is 0.342 e. The van der Waals surface area contributed by atoms with Crippen molar-refractivity contribution in [3.63, 3.8) is 0 Å². The fourth-order valence-corrected chi connectivity index (χ4v) is 6.04. The predicted octanol–water partition coefficient (Wildman–Crippen LogP) is 4.75. The monoisotopic (exact) mass is 498 g/mol. The van der Waals surface area contributed by atoms with Gasteiger partial charge >= 0.3 is 22.1 Å². The van der Waals surface area contributed by atoms with Crippen molar-refractivity contribution >= 4 is 22.1 Å². The number of allylic oxidation sites excluding steroid dienone is 2. The van der Waals surface area contributed by atoms with Gasteiger partial charge in [-0.3, -0.25) is 4.79 Å². The molecule has 0 aromatic heterocycles. The highest BCUT2D eigenvalue weighted by atomic mass is 32.2. The quantitative estimate of drug-likeness (QED) is 0.309. The number of hydrogen-bond donors (Lipinski definition) is 0. The van der Waals surface area contributed by atoms with Crippen LogP contribution in [0.3, 0.4) is 0 Å². The van der Waals surface area contributed by atoms with Crippen molar-refractivity contribution in [2.45, 2.75) is 64.9 Å². The van der Waals surface area contributed by atoms with Gasteiger partial charge in [-0.1, -0.05) is 35.8 Å². The van der Waals surface area contributed by atoms with Crippen molar-refractivity contribution in [3.8, 4) is 5.75 Å². The van der Waals surface area contributed by atoms with Crippen LogP contribution in [0.15, 0.2) is 40.3 Å². The van der Waals surface area contributed by atoms with E-state index in [2.05, 4.69) is 0 Å². The van der Waals surface area contributed by atoms with E-state index < -0.39 is 16.1 Å². The van der Waals surface area contributed by atoms with Crippen LogP contribution >= 0.6 is 0 Å². The topological polar surface area (TPSA) is 96.0 Å². The van der Waals surface area contributed by atoms with Crippen molar-refractivity contribution in [2.75, 3.05) is 7.11 Å². The number of esters is 2. The molecule has 1 aliphatic carbocycles. The van der Waals surface area contributed by atoms with E-state index in [1.54, 1.807) is 12.1 Å². The second-order valence-corrected chi connectivity index (χ2v) is 10.8. The molecular formula is C27H30O7S. The molecule has 0 radical (unpaired) electrons. The molecule has 0 fully saturated rings. The van der Waals surface area contributed by atoms with Crippen LogP contribution < -0.4 is 4.18 Å². The van der Waals surface area contributed by atoms with Crippen molar-refractivity contribution in [2.24, 2.45) is 5.92 Å². The van der Waals surface area contributed by atoms with Crippen molar-refractivity contribution < 1.29 is 31.7 Å². The zero-order valence-electron chi connectivity index (χ0n) is 20.7. The fourth-order valence-electron chi connectivity index (χ4n) is 5.07. The van der Waals surface area contributed by atoms with Gasteiger partial charge in [0.05, 0.1) is 13.0 Å². The Hall–Kier alpha value is -3.13. The summed E-state index contributed by atoms with van der Waals surface area (Å²) in [6, 6.07) is 6.37. The number of carbonyl (C=O) groups is 2. The first kappa shape index (κ1) is 25.0. The van der Waals surface area contributed by atoms with E-state index >= 15 is 0 Å². The van der Waals surface area contributed by atoms with Crippen LogP contribution in [0.25, 0.3) is 0 Å². The summed E-state index contributed by atoms with van der Waals surface area (Å²) in [6.07, 6.45) is 2.11. The molecule has 8 heteroatoms. The molecule has 4 rings (SSSR count). The molecule has 0 saturated heterocycles. The number of cyclic esters (lactones) is 1. The van der Waals surface area contributed by atoms with E-state index in [9.17, 15) is 18.0 Å². The summed E-state index contributed by atoms with van der Waals surface area (Å²) in [5.41, 5.74) is 6.33. The van der Waals surface area contributed by atoms with Gasteiger partial charge < -0.3 is 13.7 Å². The second kappa shape index (κ2) is 9.49. The number of methoxy groups -OCH3 is 1. The summed E-state index contributed by atoms with van der Waals surface area (Å²) in [6.45, 7) is 7.84. The van der Waals surface area contributed by atoms with Crippen LogP contribution in [0.2, 0.25) is 0 Å². The summed E-state index contributed by atoms with van der Waals surface area (Å²) in [5.74, 6) is -1.08. The van der Waals surface area contributed by atoms with Gasteiger partial charge in [-0.15, -0.1) is 0 Å². The molecule has 186 valence electrons. The van der Waals surface area contributed by atoms with E-state index in [-0.39, 0.29) is 34.7 Å². The van der Waals surface area contributed by atoms with Crippen LogP contribution in [0.5, 0.6) is 5.75 Å². The maximum absolute atomic E-state index is 13.3. The van der Waals surface area contributed by atoms with Crippen LogP contribution in [0.1, 0.15) is 64.9 Å². The Morgan fingerprint density at radius 1 is 1.09 bits per heavy atom. The molecule has 7 nitrogen and oxygen atoms in total. The first-order valence-electron chi connectivity index (χ1n) is 11.7. The zero-order chi connectivity index (χ0) is 25.5. The van der Waals surface area contributed by atoms with Crippen molar-refractivity contribution in [1.82, 2.24) is 0 Å². The fraction of sp³-hybridized carbons (Fsp3) is 0.407. The Bertz CT molecular complexity index is 1330. The van der Waals surface area contributed by atoms with E-state index in [1.165, 1.54) is 19.2 Å². The molecule has 0 amide bonds. The van der Waals surface area contributed by atoms with Gasteiger partial charge in [-0.25, -0.2) is 4.79 Å². The third kappa shape index (κ3) is 4.59. The van der Waals surface area contributed by atoms with Gasteiger partial charge in [-0.2, -0.15) is 8.42 Å². The number of carbonyl (C=O) groups excluding carboxylic acids is 2. The molecule has 35 heavy (non-hydrogen) atoms. The molecule has 0 bridgehead atoms. The minimum absolute atomic E-state index is 0.00908. The maximum atomic E-state index is 13.3. The average molecular weight is 499 g/mol. The van der Waals surface area contributed by atoms with E-state index in [1.807, 2.05) is 27.7 Å².